The zero-order valence-electron chi connectivity index (χ0n) is 13.6. The number of hydrogen-bond donors (Lipinski definition) is 1. The minimum absolute atomic E-state index is 0.299. The molecule has 4 rings (SSSR count). The van der Waals surface area contributed by atoms with Gasteiger partial charge in [0.15, 0.2) is 0 Å². The minimum atomic E-state index is -0.299. The molecule has 2 aromatic carbocycles. The van der Waals surface area contributed by atoms with Crippen molar-refractivity contribution in [3.05, 3.63) is 78.9 Å². The standard InChI is InChI=1S/C20H15FN4/c1-13-22-9-15(10-23-13)19-7-6-14(8-20(19)21)17-4-2-3-5-18(17)16-11-24-25-12-16/h2-12H,1H3,(H,24,25). The van der Waals surface area contributed by atoms with Crippen molar-refractivity contribution < 1.29 is 4.39 Å². The van der Waals surface area contributed by atoms with E-state index in [1.165, 1.54) is 0 Å². The van der Waals surface area contributed by atoms with E-state index < -0.39 is 0 Å². The first-order valence-corrected chi connectivity index (χ1v) is 7.89. The van der Waals surface area contributed by atoms with Crippen LogP contribution in [0.4, 0.5) is 4.39 Å². The molecule has 5 heteroatoms. The Morgan fingerprint density at radius 1 is 0.800 bits per heavy atom. The Balaban J connectivity index is 1.79. The lowest BCUT2D eigenvalue weighted by Crippen LogP contribution is -1.91. The summed E-state index contributed by atoms with van der Waals surface area (Å²) in [5.41, 5.74) is 4.89. The van der Waals surface area contributed by atoms with E-state index in [1.54, 1.807) is 37.6 Å². The van der Waals surface area contributed by atoms with Gasteiger partial charge in [0.05, 0.1) is 6.20 Å². The monoisotopic (exact) mass is 330 g/mol. The first-order valence-electron chi connectivity index (χ1n) is 7.89. The molecule has 0 spiro atoms. The Labute approximate surface area is 144 Å². The van der Waals surface area contributed by atoms with Gasteiger partial charge in [-0.15, -0.1) is 0 Å². The molecular weight excluding hydrogens is 315 g/mol. The van der Waals surface area contributed by atoms with Gasteiger partial charge in [-0.05, 0) is 29.7 Å². The Morgan fingerprint density at radius 3 is 2.16 bits per heavy atom. The molecule has 4 nitrogen and oxygen atoms in total. The van der Waals surface area contributed by atoms with Gasteiger partial charge in [-0.1, -0.05) is 36.4 Å². The van der Waals surface area contributed by atoms with Crippen LogP contribution in [0.15, 0.2) is 67.3 Å². The van der Waals surface area contributed by atoms with Crippen molar-refractivity contribution in [2.45, 2.75) is 6.92 Å². The van der Waals surface area contributed by atoms with Crippen molar-refractivity contribution in [3.63, 3.8) is 0 Å². The molecule has 0 aliphatic heterocycles. The number of halogens is 1. The Hall–Kier alpha value is -3.34. The van der Waals surface area contributed by atoms with Gasteiger partial charge in [-0.3, -0.25) is 5.10 Å². The summed E-state index contributed by atoms with van der Waals surface area (Å²) in [5.74, 6) is 0.363. The first-order chi connectivity index (χ1) is 12.2. The molecule has 0 atom stereocenters. The molecule has 0 radical (unpaired) electrons. The maximum absolute atomic E-state index is 14.7. The van der Waals surface area contributed by atoms with Crippen LogP contribution in [-0.4, -0.2) is 20.2 Å². The molecule has 0 aliphatic rings. The van der Waals surface area contributed by atoms with Crippen LogP contribution < -0.4 is 0 Å². The van der Waals surface area contributed by atoms with Crippen LogP contribution in [0.1, 0.15) is 5.82 Å². The van der Waals surface area contributed by atoms with Gasteiger partial charge in [0, 0.05) is 35.3 Å². The molecule has 0 bridgehead atoms. The van der Waals surface area contributed by atoms with E-state index in [2.05, 4.69) is 20.2 Å². The third kappa shape index (κ3) is 2.92. The number of hydrogen-bond acceptors (Lipinski definition) is 3. The number of rotatable bonds is 3. The van der Waals surface area contributed by atoms with Crippen molar-refractivity contribution in [1.82, 2.24) is 20.2 Å². The molecule has 122 valence electrons. The molecular formula is C20H15FN4. The van der Waals surface area contributed by atoms with Gasteiger partial charge < -0.3 is 0 Å². The van der Waals surface area contributed by atoms with Crippen LogP contribution in [0.5, 0.6) is 0 Å². The van der Waals surface area contributed by atoms with Gasteiger partial charge in [0.1, 0.15) is 11.6 Å². The number of H-pyrrole nitrogens is 1. The average molecular weight is 330 g/mol. The molecule has 0 amide bonds. The van der Waals surface area contributed by atoms with Crippen molar-refractivity contribution in [2.75, 3.05) is 0 Å². The number of aromatic amines is 1. The van der Waals surface area contributed by atoms with Crippen LogP contribution in [0.3, 0.4) is 0 Å². The lowest BCUT2D eigenvalue weighted by Gasteiger charge is -2.10. The van der Waals surface area contributed by atoms with Gasteiger partial charge in [-0.25, -0.2) is 14.4 Å². The smallest absolute Gasteiger partial charge is 0.131 e. The molecule has 0 saturated heterocycles. The highest BCUT2D eigenvalue weighted by molar-refractivity contribution is 5.83. The van der Waals surface area contributed by atoms with Crippen LogP contribution in [0.2, 0.25) is 0 Å². The number of aryl methyl sites for hydroxylation is 1. The second kappa shape index (κ2) is 6.28. The fourth-order valence-corrected chi connectivity index (χ4v) is 2.83. The highest BCUT2D eigenvalue weighted by atomic mass is 19.1. The normalized spacial score (nSPS) is 10.8. The van der Waals surface area contributed by atoms with E-state index in [9.17, 15) is 4.39 Å². The van der Waals surface area contributed by atoms with Crippen molar-refractivity contribution in [1.29, 1.82) is 0 Å². The highest BCUT2D eigenvalue weighted by Crippen LogP contribution is 2.33. The van der Waals surface area contributed by atoms with E-state index in [0.717, 1.165) is 22.3 Å². The van der Waals surface area contributed by atoms with Gasteiger partial charge in [0.25, 0.3) is 0 Å². The summed E-state index contributed by atoms with van der Waals surface area (Å²) in [7, 11) is 0. The molecule has 0 fully saturated rings. The molecule has 2 heterocycles. The highest BCUT2D eigenvalue weighted by Gasteiger charge is 2.12. The third-order valence-corrected chi connectivity index (χ3v) is 4.11. The molecule has 0 saturated carbocycles. The lowest BCUT2D eigenvalue weighted by molar-refractivity contribution is 0.631. The fraction of sp³-hybridized carbons (Fsp3) is 0.0500. The Morgan fingerprint density at radius 2 is 1.52 bits per heavy atom. The molecule has 0 aliphatic carbocycles. The number of benzene rings is 2. The predicted molar refractivity (Wildman–Crippen MR) is 95.2 cm³/mol. The summed E-state index contributed by atoms with van der Waals surface area (Å²) in [4.78, 5) is 8.27. The summed E-state index contributed by atoms with van der Waals surface area (Å²) in [6.45, 7) is 1.80. The second-order valence-corrected chi connectivity index (χ2v) is 5.75. The molecule has 25 heavy (non-hydrogen) atoms. The van der Waals surface area contributed by atoms with Gasteiger partial charge >= 0.3 is 0 Å². The Bertz CT molecular complexity index is 1010. The number of nitrogens with zero attached hydrogens (tertiary/aromatic N) is 3. The summed E-state index contributed by atoms with van der Waals surface area (Å²) < 4.78 is 14.7. The van der Waals surface area contributed by atoms with Crippen LogP contribution in [0.25, 0.3) is 33.4 Å². The zero-order valence-corrected chi connectivity index (χ0v) is 13.6. The van der Waals surface area contributed by atoms with Crippen molar-refractivity contribution >= 4 is 0 Å². The molecule has 2 aromatic heterocycles. The van der Waals surface area contributed by atoms with Crippen molar-refractivity contribution in [3.8, 4) is 33.4 Å². The van der Waals surface area contributed by atoms with Crippen molar-refractivity contribution in [2.24, 2.45) is 0 Å². The molecule has 4 aromatic rings. The van der Waals surface area contributed by atoms with Crippen LogP contribution >= 0.6 is 0 Å². The largest absolute Gasteiger partial charge is 0.285 e. The maximum Gasteiger partial charge on any atom is 0.131 e. The Kier molecular flexibility index (Phi) is 3.82. The van der Waals surface area contributed by atoms with Crippen LogP contribution in [0, 0.1) is 12.7 Å². The maximum atomic E-state index is 14.7. The van der Waals surface area contributed by atoms with E-state index >= 15 is 0 Å². The van der Waals surface area contributed by atoms with Gasteiger partial charge in [-0.2, -0.15) is 5.10 Å². The molecule has 0 unspecified atom stereocenters. The van der Waals surface area contributed by atoms with Crippen LogP contribution in [-0.2, 0) is 0 Å². The minimum Gasteiger partial charge on any atom is -0.285 e. The number of nitrogens with one attached hydrogen (secondary N) is 1. The first kappa shape index (κ1) is 15.2. The molecule has 1 N–H and O–H groups in total. The quantitative estimate of drug-likeness (QED) is 0.595. The summed E-state index contributed by atoms with van der Waals surface area (Å²) in [5, 5.41) is 6.81. The number of aromatic nitrogens is 4. The summed E-state index contributed by atoms with van der Waals surface area (Å²) in [6.07, 6.45) is 6.86. The second-order valence-electron chi connectivity index (χ2n) is 5.75. The summed E-state index contributed by atoms with van der Waals surface area (Å²) in [6, 6.07) is 13.1. The average Bonchev–Trinajstić information content (AvgIpc) is 3.17. The van der Waals surface area contributed by atoms with E-state index in [-0.39, 0.29) is 5.82 Å². The lowest BCUT2D eigenvalue weighted by atomic mass is 9.95. The predicted octanol–water partition coefficient (Wildman–Crippen LogP) is 4.65. The van der Waals surface area contributed by atoms with E-state index in [4.69, 9.17) is 0 Å². The topological polar surface area (TPSA) is 54.5 Å². The SMILES string of the molecule is Cc1ncc(-c2ccc(-c3ccccc3-c3cn[nH]c3)cc2F)cn1. The zero-order chi connectivity index (χ0) is 17.2. The fourth-order valence-electron chi connectivity index (χ4n) is 2.83. The van der Waals surface area contributed by atoms with E-state index in [0.29, 0.717) is 17.0 Å². The third-order valence-electron chi connectivity index (χ3n) is 4.11. The van der Waals surface area contributed by atoms with E-state index in [1.807, 2.05) is 36.5 Å². The summed E-state index contributed by atoms with van der Waals surface area (Å²) >= 11 is 0. The van der Waals surface area contributed by atoms with Gasteiger partial charge in [0.2, 0.25) is 0 Å².